The van der Waals surface area contributed by atoms with Crippen molar-refractivity contribution in [1.29, 1.82) is 0 Å². The van der Waals surface area contributed by atoms with Crippen molar-refractivity contribution in [2.24, 2.45) is 5.92 Å². The van der Waals surface area contributed by atoms with Gasteiger partial charge in [0.05, 0.1) is 6.61 Å². The monoisotopic (exact) mass is 397 g/mol. The maximum Gasteiger partial charge on any atom is 0.281 e. The SMILES string of the molecule is CCOc1ccc(CCCNC(=O)C2CCN(S(=O)(=O)N(C)C)CC2)cc1. The Balaban J connectivity index is 1.68. The Morgan fingerprint density at radius 2 is 1.85 bits per heavy atom. The first-order valence-electron chi connectivity index (χ1n) is 9.51. The van der Waals surface area contributed by atoms with Crippen molar-refractivity contribution in [2.45, 2.75) is 32.6 Å². The van der Waals surface area contributed by atoms with E-state index >= 15 is 0 Å². The second kappa shape index (κ2) is 10.1. The zero-order valence-corrected chi connectivity index (χ0v) is 17.3. The number of carbonyl (C=O) groups excluding carboxylic acids is 1. The van der Waals surface area contributed by atoms with Gasteiger partial charge in [-0.3, -0.25) is 4.79 Å². The molecule has 1 N–H and O–H groups in total. The summed E-state index contributed by atoms with van der Waals surface area (Å²) in [7, 11) is -0.329. The highest BCUT2D eigenvalue weighted by atomic mass is 32.2. The van der Waals surface area contributed by atoms with E-state index in [0.717, 1.165) is 18.6 Å². The molecule has 0 bridgehead atoms. The molecule has 0 spiro atoms. The summed E-state index contributed by atoms with van der Waals surface area (Å²) in [6, 6.07) is 8.03. The zero-order chi connectivity index (χ0) is 19.9. The van der Waals surface area contributed by atoms with Crippen LogP contribution in [0.4, 0.5) is 0 Å². The second-order valence-electron chi connectivity index (χ2n) is 6.94. The number of ether oxygens (including phenoxy) is 1. The van der Waals surface area contributed by atoms with Crippen LogP contribution in [0.3, 0.4) is 0 Å². The van der Waals surface area contributed by atoms with E-state index in [1.807, 2.05) is 31.2 Å². The normalized spacial score (nSPS) is 16.4. The lowest BCUT2D eigenvalue weighted by atomic mass is 9.97. The zero-order valence-electron chi connectivity index (χ0n) is 16.5. The number of hydrogen-bond acceptors (Lipinski definition) is 4. The molecule has 0 aliphatic carbocycles. The highest BCUT2D eigenvalue weighted by Crippen LogP contribution is 2.20. The quantitative estimate of drug-likeness (QED) is 0.643. The summed E-state index contributed by atoms with van der Waals surface area (Å²) in [6.07, 6.45) is 2.90. The van der Waals surface area contributed by atoms with Crippen LogP contribution in [0.2, 0.25) is 0 Å². The third-order valence-electron chi connectivity index (χ3n) is 4.79. The van der Waals surface area contributed by atoms with E-state index in [1.54, 1.807) is 0 Å². The standard InChI is InChI=1S/C19H31N3O4S/c1-4-26-18-9-7-16(8-10-18)6-5-13-20-19(23)17-11-14-22(15-12-17)27(24,25)21(2)3/h7-10,17H,4-6,11-15H2,1-3H3,(H,20,23). The first-order chi connectivity index (χ1) is 12.8. The smallest absolute Gasteiger partial charge is 0.281 e. The predicted octanol–water partition coefficient (Wildman–Crippen LogP) is 1.65. The fourth-order valence-electron chi connectivity index (χ4n) is 3.15. The molecule has 1 fully saturated rings. The van der Waals surface area contributed by atoms with Gasteiger partial charge in [0.1, 0.15) is 5.75 Å². The lowest BCUT2D eigenvalue weighted by Gasteiger charge is -2.32. The molecule has 0 saturated carbocycles. The van der Waals surface area contributed by atoms with Crippen LogP contribution in [-0.2, 0) is 21.4 Å². The van der Waals surface area contributed by atoms with Gasteiger partial charge in [0.2, 0.25) is 5.91 Å². The van der Waals surface area contributed by atoms with E-state index in [4.69, 9.17) is 4.74 Å². The van der Waals surface area contributed by atoms with E-state index in [1.165, 1.54) is 28.3 Å². The van der Waals surface area contributed by atoms with Gasteiger partial charge in [0.15, 0.2) is 0 Å². The number of nitrogens with one attached hydrogen (secondary N) is 1. The van der Waals surface area contributed by atoms with Crippen molar-refractivity contribution in [1.82, 2.24) is 13.9 Å². The highest BCUT2D eigenvalue weighted by Gasteiger charge is 2.31. The Morgan fingerprint density at radius 1 is 1.22 bits per heavy atom. The minimum absolute atomic E-state index is 0.0311. The van der Waals surface area contributed by atoms with Crippen LogP contribution in [0.5, 0.6) is 5.75 Å². The van der Waals surface area contributed by atoms with Crippen LogP contribution in [0, 0.1) is 5.92 Å². The molecule has 1 aromatic carbocycles. The van der Waals surface area contributed by atoms with Gasteiger partial charge in [-0.25, -0.2) is 0 Å². The minimum Gasteiger partial charge on any atom is -0.494 e. The molecule has 7 nitrogen and oxygen atoms in total. The van der Waals surface area contributed by atoms with Crippen molar-refractivity contribution in [3.63, 3.8) is 0 Å². The van der Waals surface area contributed by atoms with Crippen LogP contribution in [0.15, 0.2) is 24.3 Å². The molecule has 1 saturated heterocycles. The molecule has 1 amide bonds. The number of rotatable bonds is 9. The fraction of sp³-hybridized carbons (Fsp3) is 0.632. The molecule has 1 aromatic rings. The molecule has 152 valence electrons. The average Bonchev–Trinajstić information content (AvgIpc) is 2.66. The predicted molar refractivity (Wildman–Crippen MR) is 106 cm³/mol. The van der Waals surface area contributed by atoms with Gasteiger partial charge < -0.3 is 10.1 Å². The van der Waals surface area contributed by atoms with Crippen molar-refractivity contribution >= 4 is 16.1 Å². The van der Waals surface area contributed by atoms with E-state index in [9.17, 15) is 13.2 Å². The van der Waals surface area contributed by atoms with Gasteiger partial charge in [-0.15, -0.1) is 0 Å². The molecular weight excluding hydrogens is 366 g/mol. The van der Waals surface area contributed by atoms with Gasteiger partial charge in [0.25, 0.3) is 10.2 Å². The van der Waals surface area contributed by atoms with E-state index < -0.39 is 10.2 Å². The molecule has 0 unspecified atom stereocenters. The maximum atomic E-state index is 12.3. The van der Waals surface area contributed by atoms with Crippen molar-refractivity contribution in [3.05, 3.63) is 29.8 Å². The van der Waals surface area contributed by atoms with Crippen molar-refractivity contribution in [3.8, 4) is 5.75 Å². The Labute approximate surface area is 162 Å². The number of hydrogen-bond donors (Lipinski definition) is 1. The summed E-state index contributed by atoms with van der Waals surface area (Å²) in [5.41, 5.74) is 1.22. The molecule has 1 heterocycles. The van der Waals surface area contributed by atoms with E-state index in [-0.39, 0.29) is 11.8 Å². The molecule has 0 aromatic heterocycles. The summed E-state index contributed by atoms with van der Waals surface area (Å²) in [4.78, 5) is 12.3. The van der Waals surface area contributed by atoms with Gasteiger partial charge in [0, 0.05) is 39.6 Å². The highest BCUT2D eigenvalue weighted by molar-refractivity contribution is 7.86. The average molecular weight is 398 g/mol. The number of carbonyl (C=O) groups is 1. The molecule has 0 atom stereocenters. The minimum atomic E-state index is -3.38. The molecular formula is C19H31N3O4S. The van der Waals surface area contributed by atoms with Crippen LogP contribution in [0.25, 0.3) is 0 Å². The fourth-order valence-corrected chi connectivity index (χ4v) is 4.28. The first-order valence-corrected chi connectivity index (χ1v) is 10.9. The lowest BCUT2D eigenvalue weighted by Crippen LogP contribution is -2.46. The van der Waals surface area contributed by atoms with Gasteiger partial charge in [-0.05, 0) is 50.3 Å². The van der Waals surface area contributed by atoms with E-state index in [2.05, 4.69) is 5.32 Å². The molecule has 0 radical (unpaired) electrons. The first kappa shape index (κ1) is 21.7. The van der Waals surface area contributed by atoms with Crippen LogP contribution in [-0.4, -0.2) is 63.3 Å². The molecule has 8 heteroatoms. The summed E-state index contributed by atoms with van der Waals surface area (Å²) in [5.74, 6) is 0.796. The van der Waals surface area contributed by atoms with Gasteiger partial charge in [-0.1, -0.05) is 12.1 Å². The Morgan fingerprint density at radius 3 is 2.41 bits per heavy atom. The van der Waals surface area contributed by atoms with Crippen LogP contribution in [0.1, 0.15) is 31.7 Å². The Bertz CT molecular complexity index is 696. The largest absolute Gasteiger partial charge is 0.494 e. The number of aryl methyl sites for hydroxylation is 1. The second-order valence-corrected chi connectivity index (χ2v) is 9.08. The van der Waals surface area contributed by atoms with Gasteiger partial charge in [-0.2, -0.15) is 17.0 Å². The number of piperidine rings is 1. The number of nitrogens with zero attached hydrogens (tertiary/aromatic N) is 2. The van der Waals surface area contributed by atoms with Crippen molar-refractivity contribution in [2.75, 3.05) is 40.3 Å². The number of amides is 1. The molecule has 2 rings (SSSR count). The summed E-state index contributed by atoms with van der Waals surface area (Å²) in [5, 5.41) is 2.99. The summed E-state index contributed by atoms with van der Waals surface area (Å²) < 4.78 is 32.3. The number of benzene rings is 1. The van der Waals surface area contributed by atoms with Crippen LogP contribution < -0.4 is 10.1 Å². The van der Waals surface area contributed by atoms with Crippen LogP contribution >= 0.6 is 0 Å². The van der Waals surface area contributed by atoms with Gasteiger partial charge >= 0.3 is 0 Å². The molecule has 1 aliphatic rings. The Hall–Kier alpha value is -1.64. The molecule has 27 heavy (non-hydrogen) atoms. The Kier molecular flexibility index (Phi) is 8.07. The van der Waals surface area contributed by atoms with Crippen molar-refractivity contribution < 1.29 is 17.9 Å². The maximum absolute atomic E-state index is 12.3. The van der Waals surface area contributed by atoms with E-state index in [0.29, 0.717) is 39.1 Å². The lowest BCUT2D eigenvalue weighted by molar-refractivity contribution is -0.126. The molecule has 1 aliphatic heterocycles. The summed E-state index contributed by atoms with van der Waals surface area (Å²) in [6.45, 7) is 4.03. The third-order valence-corrected chi connectivity index (χ3v) is 6.73. The topological polar surface area (TPSA) is 79.0 Å². The third kappa shape index (κ3) is 6.19. The summed E-state index contributed by atoms with van der Waals surface area (Å²) >= 11 is 0.